The smallest absolute Gasteiger partial charge is 0.411 e. The zero-order valence-electron chi connectivity index (χ0n) is 11.7. The lowest BCUT2D eigenvalue weighted by Crippen LogP contribution is -2.34. The number of carbonyl (C=O) groups excluding carboxylic acids is 1. The van der Waals surface area contributed by atoms with Gasteiger partial charge in [0.1, 0.15) is 6.10 Å². The van der Waals surface area contributed by atoms with Gasteiger partial charge in [-0.1, -0.05) is 30.3 Å². The quantitative estimate of drug-likeness (QED) is 0.908. The van der Waals surface area contributed by atoms with E-state index in [1.807, 2.05) is 41.8 Å². The molecule has 2 heterocycles. The first-order valence-electron chi connectivity index (χ1n) is 7.14. The van der Waals surface area contributed by atoms with Crippen LogP contribution >= 0.6 is 11.3 Å². The van der Waals surface area contributed by atoms with Crippen LogP contribution in [0.1, 0.15) is 12.8 Å². The number of anilines is 1. The van der Waals surface area contributed by atoms with Gasteiger partial charge in [0.25, 0.3) is 0 Å². The Morgan fingerprint density at radius 3 is 2.71 bits per heavy atom. The first-order valence-corrected chi connectivity index (χ1v) is 8.02. The molecule has 0 spiro atoms. The van der Waals surface area contributed by atoms with E-state index in [-0.39, 0.29) is 12.2 Å². The molecule has 1 aliphatic heterocycles. The van der Waals surface area contributed by atoms with Gasteiger partial charge in [0.15, 0.2) is 0 Å². The van der Waals surface area contributed by atoms with Crippen LogP contribution in [0.4, 0.5) is 10.5 Å². The molecule has 0 aliphatic carbocycles. The molecular formula is C16H18N2O2S. The number of hydrogen-bond donors (Lipinski definition) is 2. The van der Waals surface area contributed by atoms with Crippen molar-refractivity contribution in [3.8, 4) is 10.4 Å². The second-order valence-corrected chi connectivity index (χ2v) is 5.93. The average Bonchev–Trinajstić information content (AvgIpc) is 2.97. The number of hydrogen-bond acceptors (Lipinski definition) is 4. The predicted molar refractivity (Wildman–Crippen MR) is 85.8 cm³/mol. The summed E-state index contributed by atoms with van der Waals surface area (Å²) in [5.41, 5.74) is 1.91. The Labute approximate surface area is 128 Å². The molecule has 2 N–H and O–H groups in total. The third-order valence-electron chi connectivity index (χ3n) is 3.50. The summed E-state index contributed by atoms with van der Waals surface area (Å²) in [7, 11) is 0. The van der Waals surface area contributed by atoms with Crippen molar-refractivity contribution >= 4 is 23.1 Å². The van der Waals surface area contributed by atoms with Crippen molar-refractivity contribution in [1.82, 2.24) is 5.32 Å². The van der Waals surface area contributed by atoms with Crippen molar-refractivity contribution in [2.75, 3.05) is 18.4 Å². The van der Waals surface area contributed by atoms with E-state index in [1.54, 1.807) is 11.3 Å². The summed E-state index contributed by atoms with van der Waals surface area (Å²) in [6.45, 7) is 1.82. The number of nitrogens with one attached hydrogen (secondary N) is 2. The van der Waals surface area contributed by atoms with E-state index in [1.165, 1.54) is 0 Å². The van der Waals surface area contributed by atoms with Crippen LogP contribution in [-0.4, -0.2) is 25.3 Å². The fourth-order valence-corrected chi connectivity index (χ4v) is 3.28. The molecule has 110 valence electrons. The van der Waals surface area contributed by atoms with E-state index in [4.69, 9.17) is 4.74 Å². The molecule has 0 atom stereocenters. The van der Waals surface area contributed by atoms with Gasteiger partial charge in [-0.3, -0.25) is 5.32 Å². The molecule has 1 aromatic carbocycles. The van der Waals surface area contributed by atoms with Gasteiger partial charge in [0, 0.05) is 0 Å². The number of carbonyl (C=O) groups is 1. The van der Waals surface area contributed by atoms with Gasteiger partial charge in [-0.15, -0.1) is 11.3 Å². The van der Waals surface area contributed by atoms with Crippen LogP contribution in [0, 0.1) is 0 Å². The van der Waals surface area contributed by atoms with E-state index in [2.05, 4.69) is 10.6 Å². The normalized spacial score (nSPS) is 15.6. The number of ether oxygens (including phenoxy) is 1. The number of rotatable bonds is 3. The molecule has 5 heteroatoms. The van der Waals surface area contributed by atoms with Crippen LogP contribution in [0.3, 0.4) is 0 Å². The van der Waals surface area contributed by atoms with Crippen LogP contribution < -0.4 is 10.6 Å². The van der Waals surface area contributed by atoms with E-state index in [0.29, 0.717) is 0 Å². The maximum Gasteiger partial charge on any atom is 0.411 e. The van der Waals surface area contributed by atoms with Crippen molar-refractivity contribution in [2.45, 2.75) is 18.9 Å². The topological polar surface area (TPSA) is 50.4 Å². The van der Waals surface area contributed by atoms with Gasteiger partial charge in [-0.2, -0.15) is 0 Å². The van der Waals surface area contributed by atoms with Crippen LogP contribution in [0.2, 0.25) is 0 Å². The molecule has 1 fully saturated rings. The summed E-state index contributed by atoms with van der Waals surface area (Å²) in [6.07, 6.45) is 1.41. The molecule has 2 aromatic rings. The van der Waals surface area contributed by atoms with Crippen LogP contribution in [0.25, 0.3) is 10.4 Å². The van der Waals surface area contributed by atoms with Gasteiger partial charge in [-0.05, 0) is 42.9 Å². The Morgan fingerprint density at radius 2 is 1.95 bits per heavy atom. The van der Waals surface area contributed by atoms with E-state index in [0.717, 1.165) is 42.1 Å². The van der Waals surface area contributed by atoms with Crippen molar-refractivity contribution < 1.29 is 9.53 Å². The predicted octanol–water partition coefficient (Wildman–Crippen LogP) is 3.72. The van der Waals surface area contributed by atoms with Gasteiger partial charge in [0.2, 0.25) is 0 Å². The monoisotopic (exact) mass is 302 g/mol. The average molecular weight is 302 g/mol. The van der Waals surface area contributed by atoms with E-state index < -0.39 is 0 Å². The third kappa shape index (κ3) is 3.62. The highest BCUT2D eigenvalue weighted by atomic mass is 32.1. The maximum absolute atomic E-state index is 12.0. The summed E-state index contributed by atoms with van der Waals surface area (Å²) in [4.78, 5) is 13.1. The fourth-order valence-electron chi connectivity index (χ4n) is 2.42. The lowest BCUT2D eigenvalue weighted by atomic mass is 10.1. The van der Waals surface area contributed by atoms with Gasteiger partial charge < -0.3 is 10.1 Å². The van der Waals surface area contributed by atoms with E-state index >= 15 is 0 Å². The summed E-state index contributed by atoms with van der Waals surface area (Å²) >= 11 is 1.61. The first-order chi connectivity index (χ1) is 10.3. The molecule has 1 amide bonds. The van der Waals surface area contributed by atoms with Crippen molar-refractivity contribution in [3.63, 3.8) is 0 Å². The van der Waals surface area contributed by atoms with Crippen LogP contribution in [0.5, 0.6) is 0 Å². The van der Waals surface area contributed by atoms with Crippen molar-refractivity contribution in [1.29, 1.82) is 0 Å². The zero-order chi connectivity index (χ0) is 14.5. The Balaban J connectivity index is 1.65. The molecule has 4 nitrogen and oxygen atoms in total. The fraction of sp³-hybridized carbons (Fsp3) is 0.312. The Hall–Kier alpha value is -1.85. The molecule has 0 saturated carbocycles. The zero-order valence-corrected chi connectivity index (χ0v) is 12.5. The van der Waals surface area contributed by atoms with Gasteiger partial charge >= 0.3 is 6.09 Å². The van der Waals surface area contributed by atoms with Crippen molar-refractivity contribution in [3.05, 3.63) is 41.8 Å². The molecule has 1 saturated heterocycles. The first kappa shape index (κ1) is 14.1. The van der Waals surface area contributed by atoms with E-state index in [9.17, 15) is 4.79 Å². The molecule has 0 unspecified atom stereocenters. The minimum absolute atomic E-state index is 0.0186. The number of benzene rings is 1. The Bertz CT molecular complexity index is 591. The highest BCUT2D eigenvalue weighted by molar-refractivity contribution is 7.14. The summed E-state index contributed by atoms with van der Waals surface area (Å²) in [5.74, 6) is 0. The molecule has 3 rings (SSSR count). The highest BCUT2D eigenvalue weighted by Crippen LogP contribution is 2.33. The lowest BCUT2D eigenvalue weighted by Gasteiger charge is -2.22. The highest BCUT2D eigenvalue weighted by Gasteiger charge is 2.18. The van der Waals surface area contributed by atoms with Gasteiger partial charge in [0.05, 0.1) is 10.6 Å². The molecule has 1 aromatic heterocycles. The van der Waals surface area contributed by atoms with Crippen LogP contribution in [-0.2, 0) is 4.74 Å². The second kappa shape index (κ2) is 6.74. The SMILES string of the molecule is O=C(Nc1ccsc1-c1ccccc1)OC1CCNCC1. The van der Waals surface area contributed by atoms with Crippen molar-refractivity contribution in [2.24, 2.45) is 0 Å². The Kier molecular flexibility index (Phi) is 4.52. The van der Waals surface area contributed by atoms with Gasteiger partial charge in [-0.25, -0.2) is 4.79 Å². The number of piperidine rings is 1. The number of thiophene rings is 1. The minimum atomic E-state index is -0.363. The molecule has 0 radical (unpaired) electrons. The molecule has 21 heavy (non-hydrogen) atoms. The summed E-state index contributed by atoms with van der Waals surface area (Å²) in [5, 5.41) is 8.09. The third-order valence-corrected chi connectivity index (χ3v) is 4.46. The Morgan fingerprint density at radius 1 is 1.19 bits per heavy atom. The second-order valence-electron chi connectivity index (χ2n) is 5.01. The standard InChI is InChI=1S/C16H18N2O2S/c19-16(20-13-6-9-17-10-7-13)18-14-8-11-21-15(14)12-4-2-1-3-5-12/h1-5,8,11,13,17H,6-7,9-10H2,(H,18,19). The maximum atomic E-state index is 12.0. The molecule has 1 aliphatic rings. The molecule has 0 bridgehead atoms. The summed E-state index contributed by atoms with van der Waals surface area (Å²) < 4.78 is 5.47. The minimum Gasteiger partial charge on any atom is -0.446 e. The lowest BCUT2D eigenvalue weighted by molar-refractivity contribution is 0.0909. The molecular weight excluding hydrogens is 284 g/mol. The largest absolute Gasteiger partial charge is 0.446 e. The number of amides is 1. The van der Waals surface area contributed by atoms with Crippen LogP contribution in [0.15, 0.2) is 41.8 Å². The summed E-state index contributed by atoms with van der Waals surface area (Å²) in [6, 6.07) is 12.0.